The van der Waals surface area contributed by atoms with Crippen molar-refractivity contribution >= 4 is 13.4 Å². The van der Waals surface area contributed by atoms with Gasteiger partial charge in [0.2, 0.25) is 0 Å². The topological polar surface area (TPSA) is 93.1 Å². The molecule has 0 aromatic heterocycles. The van der Waals surface area contributed by atoms with E-state index < -0.39 is 25.5 Å². The van der Waals surface area contributed by atoms with Crippen molar-refractivity contribution in [2.45, 2.75) is 130 Å². The van der Waals surface area contributed by atoms with Crippen LogP contribution in [0.4, 0.5) is 0 Å². The number of aliphatic hydroxyl groups is 2. The Balaban J connectivity index is 1.73. The largest absolute Gasteiger partial charge is 0.393 e. The third kappa shape index (κ3) is 8.45. The van der Waals surface area contributed by atoms with Crippen LogP contribution in [0.15, 0.2) is 47.6 Å². The summed E-state index contributed by atoms with van der Waals surface area (Å²) in [6.07, 6.45) is 17.1. The molecule has 7 heteroatoms. The van der Waals surface area contributed by atoms with Crippen LogP contribution < -0.4 is 0 Å². The molecule has 0 radical (unpaired) electrons. The van der Waals surface area contributed by atoms with Crippen molar-refractivity contribution in [1.82, 2.24) is 0 Å². The number of fused-ring (bicyclic) bond motifs is 1. The van der Waals surface area contributed by atoms with Gasteiger partial charge in [0.15, 0.2) is 5.78 Å². The molecule has 238 valence electrons. The van der Waals surface area contributed by atoms with E-state index in [0.717, 1.165) is 68.9 Å². The van der Waals surface area contributed by atoms with Gasteiger partial charge in [0.1, 0.15) is 5.66 Å². The summed E-state index contributed by atoms with van der Waals surface area (Å²) in [6.45, 7) is 15.4. The summed E-state index contributed by atoms with van der Waals surface area (Å²) < 4.78 is 25.4. The third-order valence-electron chi connectivity index (χ3n) is 10.1. The van der Waals surface area contributed by atoms with Crippen LogP contribution >= 0.6 is 7.60 Å². The lowest BCUT2D eigenvalue weighted by Crippen LogP contribution is -2.35. The summed E-state index contributed by atoms with van der Waals surface area (Å²) in [5, 5.41) is 20.4. The van der Waals surface area contributed by atoms with Gasteiger partial charge in [0, 0.05) is 6.42 Å². The molecule has 0 saturated heterocycles. The predicted molar refractivity (Wildman–Crippen MR) is 171 cm³/mol. The molecular formula is C35H57O6P. The quantitative estimate of drug-likeness (QED) is 0.111. The van der Waals surface area contributed by atoms with Gasteiger partial charge < -0.3 is 19.3 Å². The normalized spacial score (nSPS) is 32.0. The standard InChI is InChI=1S/C35H57O6P/c1-7-10-21-40-42(39,41-22-11-8-2)34(9-3)32(37)19-14-25(4)30-17-18-31-27(13-12-20-35(30,31)6)15-16-28-23-29(36)24-33(38)26(28)5/h14-16,19,25,29-31,33-34,36,38H,5,7-13,17-18,20-24H2,1-4,6H3/t25-,29-,30-,31?,33+,34?,35-/m1/s1. The minimum absolute atomic E-state index is 0.143. The Kier molecular flexibility index (Phi) is 13.5. The van der Waals surface area contributed by atoms with Gasteiger partial charge in [-0.2, -0.15) is 0 Å². The lowest BCUT2D eigenvalue weighted by Gasteiger charge is -2.44. The number of rotatable bonds is 15. The van der Waals surface area contributed by atoms with Crippen LogP contribution in [0.2, 0.25) is 0 Å². The Morgan fingerprint density at radius 1 is 1.12 bits per heavy atom. The van der Waals surface area contributed by atoms with Crippen molar-refractivity contribution in [1.29, 1.82) is 0 Å². The molecule has 0 amide bonds. The Morgan fingerprint density at radius 3 is 2.40 bits per heavy atom. The molecule has 2 N–H and O–H groups in total. The summed E-state index contributed by atoms with van der Waals surface area (Å²) in [4.78, 5) is 13.5. The van der Waals surface area contributed by atoms with E-state index in [4.69, 9.17) is 9.05 Å². The van der Waals surface area contributed by atoms with Crippen LogP contribution in [0.5, 0.6) is 0 Å². The van der Waals surface area contributed by atoms with Gasteiger partial charge in [0.05, 0.1) is 25.4 Å². The van der Waals surface area contributed by atoms with E-state index in [1.807, 2.05) is 13.0 Å². The van der Waals surface area contributed by atoms with Crippen LogP contribution in [-0.2, 0) is 18.4 Å². The fraction of sp³-hybridized carbons (Fsp3) is 0.743. The first-order chi connectivity index (χ1) is 20.0. The Morgan fingerprint density at radius 2 is 1.79 bits per heavy atom. The molecule has 0 aromatic rings. The molecule has 3 aliphatic rings. The van der Waals surface area contributed by atoms with E-state index in [1.165, 1.54) is 5.57 Å². The number of ketones is 1. The molecule has 0 spiro atoms. The summed E-state index contributed by atoms with van der Waals surface area (Å²) >= 11 is 0. The highest BCUT2D eigenvalue weighted by atomic mass is 31.2. The SMILES string of the molecule is C=C1C(=CC=C2CCC[C@@]3(C)C2CC[C@@H]3[C@H](C)C=CC(=O)C(CC)P(=O)(OCCCC)OCCCC)C[C@@H](O)C[C@@H]1O. The zero-order valence-corrected chi connectivity index (χ0v) is 27.7. The van der Waals surface area contributed by atoms with Crippen molar-refractivity contribution in [2.24, 2.45) is 23.2 Å². The lowest BCUT2D eigenvalue weighted by molar-refractivity contribution is -0.114. The number of hydrogen-bond donors (Lipinski definition) is 2. The predicted octanol–water partition coefficient (Wildman–Crippen LogP) is 8.49. The molecular weight excluding hydrogens is 547 g/mol. The van der Waals surface area contributed by atoms with Gasteiger partial charge in [-0.15, -0.1) is 0 Å². The molecule has 3 aliphatic carbocycles. The van der Waals surface area contributed by atoms with E-state index in [2.05, 4.69) is 46.4 Å². The van der Waals surface area contributed by atoms with Crippen LogP contribution in [0.1, 0.15) is 112 Å². The van der Waals surface area contributed by atoms with E-state index in [1.54, 1.807) is 6.08 Å². The van der Waals surface area contributed by atoms with E-state index in [9.17, 15) is 19.6 Å². The molecule has 42 heavy (non-hydrogen) atoms. The maximum atomic E-state index is 13.8. The van der Waals surface area contributed by atoms with Gasteiger partial charge >= 0.3 is 7.60 Å². The number of unbranched alkanes of at least 4 members (excludes halogenated alkanes) is 2. The van der Waals surface area contributed by atoms with E-state index in [0.29, 0.717) is 44.3 Å². The smallest absolute Gasteiger partial charge is 0.341 e. The number of allylic oxidation sites excluding steroid dienone is 5. The van der Waals surface area contributed by atoms with Crippen molar-refractivity contribution in [3.8, 4) is 0 Å². The van der Waals surface area contributed by atoms with Crippen LogP contribution in [0.25, 0.3) is 0 Å². The fourth-order valence-corrected chi connectivity index (χ4v) is 9.62. The van der Waals surface area contributed by atoms with Crippen molar-refractivity contribution in [3.05, 3.63) is 47.6 Å². The Hall–Kier alpha value is -1.30. The summed E-state index contributed by atoms with van der Waals surface area (Å²) in [6, 6.07) is 0. The average Bonchev–Trinajstić information content (AvgIpc) is 3.31. The first kappa shape index (κ1) is 35.2. The zero-order chi connectivity index (χ0) is 30.9. The molecule has 0 heterocycles. The average molecular weight is 605 g/mol. The number of carbonyl (C=O) groups is 1. The van der Waals surface area contributed by atoms with E-state index >= 15 is 0 Å². The maximum Gasteiger partial charge on any atom is 0.341 e. The minimum Gasteiger partial charge on any atom is -0.393 e. The number of carbonyl (C=O) groups excluding carboxylic acids is 1. The van der Waals surface area contributed by atoms with E-state index in [-0.39, 0.29) is 17.1 Å². The van der Waals surface area contributed by atoms with Crippen LogP contribution in [-0.4, -0.2) is 47.1 Å². The van der Waals surface area contributed by atoms with Crippen LogP contribution in [0, 0.1) is 23.2 Å². The highest BCUT2D eigenvalue weighted by Gasteiger charge is 2.50. The molecule has 3 rings (SSSR count). The lowest BCUT2D eigenvalue weighted by atomic mass is 9.61. The molecule has 7 atom stereocenters. The molecule has 3 fully saturated rings. The van der Waals surface area contributed by atoms with Gasteiger partial charge in [0.25, 0.3) is 0 Å². The maximum absolute atomic E-state index is 13.8. The van der Waals surface area contributed by atoms with Crippen LogP contribution in [0.3, 0.4) is 0 Å². The van der Waals surface area contributed by atoms with Gasteiger partial charge in [-0.05, 0) is 98.2 Å². The Labute approximate surface area is 255 Å². The second-order valence-corrected chi connectivity index (χ2v) is 15.3. The van der Waals surface area contributed by atoms with Gasteiger partial charge in [-0.1, -0.05) is 77.8 Å². The number of hydrogen-bond acceptors (Lipinski definition) is 6. The summed E-state index contributed by atoms with van der Waals surface area (Å²) in [5.74, 6) is 0.982. The molecule has 3 saturated carbocycles. The first-order valence-corrected chi connectivity index (χ1v) is 18.2. The fourth-order valence-electron chi connectivity index (χ4n) is 7.57. The summed E-state index contributed by atoms with van der Waals surface area (Å²) in [5.41, 5.74) is 2.50. The summed E-state index contributed by atoms with van der Waals surface area (Å²) in [7, 11) is -3.56. The van der Waals surface area contributed by atoms with Gasteiger partial charge in [-0.3, -0.25) is 9.36 Å². The number of aliphatic hydroxyl groups excluding tert-OH is 2. The first-order valence-electron chi connectivity index (χ1n) is 16.6. The molecule has 0 bridgehead atoms. The minimum atomic E-state index is -3.56. The Bertz CT molecular complexity index is 1050. The van der Waals surface area contributed by atoms with Crippen molar-refractivity contribution in [3.63, 3.8) is 0 Å². The van der Waals surface area contributed by atoms with Crippen molar-refractivity contribution in [2.75, 3.05) is 13.2 Å². The second kappa shape index (κ2) is 16.1. The highest BCUT2D eigenvalue weighted by Crippen LogP contribution is 2.60. The monoisotopic (exact) mass is 604 g/mol. The van der Waals surface area contributed by atoms with Gasteiger partial charge in [-0.25, -0.2) is 0 Å². The molecule has 0 aliphatic heterocycles. The molecule has 0 aromatic carbocycles. The second-order valence-electron chi connectivity index (χ2n) is 13.1. The van der Waals surface area contributed by atoms with Crippen molar-refractivity contribution < 1.29 is 28.6 Å². The zero-order valence-electron chi connectivity index (χ0n) is 26.9. The third-order valence-corrected chi connectivity index (χ3v) is 12.6. The molecule has 2 unspecified atom stereocenters. The highest BCUT2D eigenvalue weighted by molar-refractivity contribution is 7.55. The molecule has 6 nitrogen and oxygen atoms in total.